The number of nitrogens with zero attached hydrogens (tertiary/aromatic N) is 3. The van der Waals surface area contributed by atoms with Crippen LogP contribution < -0.4 is 5.56 Å². The second-order valence-corrected chi connectivity index (χ2v) is 7.52. The molecular formula is C23H17N3O4. The molecule has 148 valence electrons. The van der Waals surface area contributed by atoms with Crippen molar-refractivity contribution < 1.29 is 14.6 Å². The molecule has 30 heavy (non-hydrogen) atoms. The summed E-state index contributed by atoms with van der Waals surface area (Å²) in [5.41, 5.74) is 1.74. The predicted octanol–water partition coefficient (Wildman–Crippen LogP) is 2.62. The molecule has 7 heteroatoms. The maximum atomic E-state index is 13.3. The molecule has 0 aliphatic carbocycles. The largest absolute Gasteiger partial charge is 0.458 e. The van der Waals surface area contributed by atoms with Crippen LogP contribution in [0.2, 0.25) is 0 Å². The van der Waals surface area contributed by atoms with E-state index in [9.17, 15) is 20.0 Å². The number of ether oxygens (including phenoxy) is 1. The van der Waals surface area contributed by atoms with E-state index in [0.717, 1.165) is 10.9 Å². The van der Waals surface area contributed by atoms with Gasteiger partial charge in [0.15, 0.2) is 5.60 Å². The molecule has 4 heterocycles. The van der Waals surface area contributed by atoms with Crippen LogP contribution in [0, 0.1) is 11.3 Å². The van der Waals surface area contributed by atoms with Gasteiger partial charge in [-0.3, -0.25) is 4.79 Å². The zero-order valence-electron chi connectivity index (χ0n) is 16.2. The number of pyridine rings is 2. The average molecular weight is 399 g/mol. The number of benzene rings is 1. The highest BCUT2D eigenvalue weighted by atomic mass is 16.6. The van der Waals surface area contributed by atoms with Crippen LogP contribution in [0.3, 0.4) is 0 Å². The van der Waals surface area contributed by atoms with Crippen LogP contribution in [0.15, 0.2) is 41.7 Å². The first kappa shape index (κ1) is 18.3. The van der Waals surface area contributed by atoms with Crippen LogP contribution in [0.5, 0.6) is 0 Å². The van der Waals surface area contributed by atoms with Crippen LogP contribution in [-0.4, -0.2) is 20.6 Å². The van der Waals surface area contributed by atoms with Crippen LogP contribution in [-0.2, 0) is 28.3 Å². The number of fused-ring (bicyclic) bond motifs is 5. The third kappa shape index (κ3) is 2.19. The highest BCUT2D eigenvalue weighted by Crippen LogP contribution is 2.41. The maximum Gasteiger partial charge on any atom is 0.343 e. The Morgan fingerprint density at radius 3 is 2.87 bits per heavy atom. The summed E-state index contributed by atoms with van der Waals surface area (Å²) in [6.45, 7) is 5.61. The van der Waals surface area contributed by atoms with E-state index in [2.05, 4.69) is 12.6 Å². The van der Waals surface area contributed by atoms with Crippen molar-refractivity contribution in [2.24, 2.45) is 0 Å². The standard InChI is InChI=1S/C23H17N3O4/c1-3-23(29)16-8-18-20-14(10-26(18)21(27)15(16)11-30-22(23)28)19(12(2)9-24)13-6-4-5-7-17(13)25-20/h4-8,29H,2-3,10-11H2,1H3/t23-/m0/s1. The topological polar surface area (TPSA) is 105 Å². The summed E-state index contributed by atoms with van der Waals surface area (Å²) in [5.74, 6) is -0.759. The molecule has 1 atom stereocenters. The van der Waals surface area contributed by atoms with Gasteiger partial charge in [-0.1, -0.05) is 31.7 Å². The molecular weight excluding hydrogens is 382 g/mol. The summed E-state index contributed by atoms with van der Waals surface area (Å²) in [7, 11) is 0. The molecule has 0 unspecified atom stereocenters. The Morgan fingerprint density at radius 1 is 1.37 bits per heavy atom. The summed E-state index contributed by atoms with van der Waals surface area (Å²) in [4.78, 5) is 30.3. The molecule has 5 rings (SSSR count). The summed E-state index contributed by atoms with van der Waals surface area (Å²) < 4.78 is 6.65. The number of esters is 1. The van der Waals surface area contributed by atoms with Gasteiger partial charge in [0, 0.05) is 22.1 Å². The molecule has 7 nitrogen and oxygen atoms in total. The van der Waals surface area contributed by atoms with E-state index in [1.54, 1.807) is 17.6 Å². The van der Waals surface area contributed by atoms with Gasteiger partial charge < -0.3 is 14.4 Å². The zero-order chi connectivity index (χ0) is 21.2. The van der Waals surface area contributed by atoms with Crippen molar-refractivity contribution in [3.63, 3.8) is 0 Å². The number of cyclic esters (lactones) is 1. The number of allylic oxidation sites excluding steroid dienone is 1. The van der Waals surface area contributed by atoms with E-state index in [0.29, 0.717) is 28.0 Å². The Morgan fingerprint density at radius 2 is 2.13 bits per heavy atom. The lowest BCUT2D eigenvalue weighted by Crippen LogP contribution is -2.44. The third-order valence-corrected chi connectivity index (χ3v) is 6.03. The lowest BCUT2D eigenvalue weighted by atomic mass is 9.86. The number of hydrogen-bond donors (Lipinski definition) is 1. The van der Waals surface area contributed by atoms with Crippen LogP contribution in [0.1, 0.15) is 35.6 Å². The van der Waals surface area contributed by atoms with Gasteiger partial charge in [-0.2, -0.15) is 5.26 Å². The quantitative estimate of drug-likeness (QED) is 0.410. The van der Waals surface area contributed by atoms with Crippen molar-refractivity contribution in [1.29, 1.82) is 5.26 Å². The molecule has 0 saturated carbocycles. The Hall–Kier alpha value is -3.76. The molecule has 2 aliphatic heterocycles. The Bertz CT molecular complexity index is 1400. The van der Waals surface area contributed by atoms with Gasteiger partial charge in [-0.15, -0.1) is 0 Å². The highest BCUT2D eigenvalue weighted by molar-refractivity contribution is 5.99. The second-order valence-electron chi connectivity index (χ2n) is 7.52. The molecule has 0 saturated heterocycles. The van der Waals surface area contributed by atoms with E-state index >= 15 is 0 Å². The highest BCUT2D eigenvalue weighted by Gasteiger charge is 2.45. The van der Waals surface area contributed by atoms with Gasteiger partial charge in [-0.25, -0.2) is 9.78 Å². The van der Waals surface area contributed by atoms with Crippen LogP contribution in [0.25, 0.3) is 27.9 Å². The Kier molecular flexibility index (Phi) is 3.73. The van der Waals surface area contributed by atoms with E-state index in [1.807, 2.05) is 24.3 Å². The Balaban J connectivity index is 1.87. The molecule has 1 N–H and O–H groups in total. The number of carbonyl (C=O) groups is 1. The fourth-order valence-corrected chi connectivity index (χ4v) is 4.43. The normalized spacial score (nSPS) is 18.9. The molecule has 3 aromatic rings. The van der Waals surface area contributed by atoms with Crippen molar-refractivity contribution in [2.45, 2.75) is 32.1 Å². The fraction of sp³-hybridized carbons (Fsp3) is 0.217. The zero-order valence-corrected chi connectivity index (χ0v) is 16.2. The van der Waals surface area contributed by atoms with Crippen LogP contribution in [0.4, 0.5) is 0 Å². The maximum absolute atomic E-state index is 13.3. The van der Waals surface area contributed by atoms with Gasteiger partial charge in [0.05, 0.1) is 40.7 Å². The first-order chi connectivity index (χ1) is 14.4. The molecule has 0 bridgehead atoms. The molecule has 2 aliphatic rings. The third-order valence-electron chi connectivity index (χ3n) is 6.03. The summed E-state index contributed by atoms with van der Waals surface area (Å²) in [5, 5.41) is 21.3. The number of aromatic nitrogens is 2. The number of nitriles is 1. The SMILES string of the molecule is C=C(C#N)c1c2c(nc3ccccc13)-c1cc3c(c(=O)n1C2)COC(=O)[C@]3(O)CC. The molecule has 2 aromatic heterocycles. The van der Waals surface area contributed by atoms with E-state index in [-0.39, 0.29) is 36.3 Å². The summed E-state index contributed by atoms with van der Waals surface area (Å²) >= 11 is 0. The van der Waals surface area contributed by atoms with E-state index in [4.69, 9.17) is 9.72 Å². The smallest absolute Gasteiger partial charge is 0.343 e. The number of carbonyl (C=O) groups excluding carboxylic acids is 1. The van der Waals surface area contributed by atoms with Gasteiger partial charge in [-0.05, 0) is 18.6 Å². The van der Waals surface area contributed by atoms with Crippen molar-refractivity contribution in [2.75, 3.05) is 0 Å². The minimum Gasteiger partial charge on any atom is -0.458 e. The van der Waals surface area contributed by atoms with Crippen molar-refractivity contribution >= 4 is 22.4 Å². The Labute approximate surface area is 171 Å². The minimum atomic E-state index is -1.87. The lowest BCUT2D eigenvalue weighted by Gasteiger charge is -2.31. The molecule has 0 radical (unpaired) electrons. The number of hydrogen-bond acceptors (Lipinski definition) is 6. The van der Waals surface area contributed by atoms with E-state index in [1.165, 1.54) is 0 Å². The molecule has 0 fully saturated rings. The first-order valence-electron chi connectivity index (χ1n) is 9.58. The van der Waals surface area contributed by atoms with Gasteiger partial charge in [0.1, 0.15) is 6.61 Å². The average Bonchev–Trinajstić information content (AvgIpc) is 3.13. The molecule has 0 spiro atoms. The fourth-order valence-electron chi connectivity index (χ4n) is 4.43. The monoisotopic (exact) mass is 399 g/mol. The predicted molar refractivity (Wildman–Crippen MR) is 109 cm³/mol. The molecule has 0 amide bonds. The van der Waals surface area contributed by atoms with Crippen molar-refractivity contribution in [3.8, 4) is 17.5 Å². The van der Waals surface area contributed by atoms with Crippen molar-refractivity contribution in [3.05, 3.63) is 69.5 Å². The van der Waals surface area contributed by atoms with Gasteiger partial charge >= 0.3 is 5.97 Å². The number of para-hydroxylation sites is 1. The van der Waals surface area contributed by atoms with Gasteiger partial charge in [0.2, 0.25) is 0 Å². The molecule has 1 aromatic carbocycles. The summed E-state index contributed by atoms with van der Waals surface area (Å²) in [6.07, 6.45) is 0.0796. The minimum absolute atomic E-state index is 0.0796. The number of aliphatic hydroxyl groups is 1. The number of rotatable bonds is 2. The van der Waals surface area contributed by atoms with Crippen LogP contribution >= 0.6 is 0 Å². The van der Waals surface area contributed by atoms with Gasteiger partial charge in [0.25, 0.3) is 5.56 Å². The second kappa shape index (κ2) is 6.12. The first-order valence-corrected chi connectivity index (χ1v) is 9.58. The van der Waals surface area contributed by atoms with E-state index < -0.39 is 11.6 Å². The van der Waals surface area contributed by atoms with Crippen molar-refractivity contribution in [1.82, 2.24) is 9.55 Å². The summed E-state index contributed by atoms with van der Waals surface area (Å²) in [6, 6.07) is 11.2. The lowest BCUT2D eigenvalue weighted by molar-refractivity contribution is -0.172.